The van der Waals surface area contributed by atoms with E-state index in [1.165, 1.54) is 25.0 Å². The Bertz CT molecular complexity index is 584. The normalized spacial score (nSPS) is 10.5. The van der Waals surface area contributed by atoms with E-state index in [0.29, 0.717) is 12.5 Å². The number of benzene rings is 1. The van der Waals surface area contributed by atoms with Crippen molar-refractivity contribution in [3.8, 4) is 0 Å². The topological polar surface area (TPSA) is 49.8 Å². The zero-order chi connectivity index (χ0) is 15.8. The lowest BCUT2D eigenvalue weighted by atomic mass is 10.2. The Morgan fingerprint density at radius 2 is 1.82 bits per heavy atom. The van der Waals surface area contributed by atoms with Gasteiger partial charge in [0.1, 0.15) is 11.6 Å². The molecule has 0 aliphatic heterocycles. The molecule has 0 unspecified atom stereocenters. The second kappa shape index (κ2) is 8.32. The van der Waals surface area contributed by atoms with E-state index in [0.717, 1.165) is 30.0 Å². The molecule has 5 heteroatoms. The number of nitrogens with one attached hydrogen (secondary N) is 2. The predicted molar refractivity (Wildman–Crippen MR) is 88.5 cm³/mol. The van der Waals surface area contributed by atoms with Gasteiger partial charge in [0.25, 0.3) is 0 Å². The van der Waals surface area contributed by atoms with Crippen molar-refractivity contribution < 1.29 is 4.39 Å². The van der Waals surface area contributed by atoms with Crippen LogP contribution in [0.3, 0.4) is 0 Å². The lowest BCUT2D eigenvalue weighted by molar-refractivity contribution is 0.627. The summed E-state index contributed by atoms with van der Waals surface area (Å²) in [5.74, 6) is 1.20. The summed E-state index contributed by atoms with van der Waals surface area (Å²) in [5.41, 5.74) is 1.92. The molecule has 0 amide bonds. The van der Waals surface area contributed by atoms with E-state index >= 15 is 0 Å². The summed E-state index contributed by atoms with van der Waals surface area (Å²) in [5, 5.41) is 6.50. The Morgan fingerprint density at radius 1 is 1.05 bits per heavy atom. The van der Waals surface area contributed by atoms with Crippen LogP contribution in [0.2, 0.25) is 0 Å². The number of rotatable bonds is 8. The second-order valence-corrected chi connectivity index (χ2v) is 5.33. The van der Waals surface area contributed by atoms with Gasteiger partial charge in [-0.3, -0.25) is 0 Å². The van der Waals surface area contributed by atoms with Crippen LogP contribution >= 0.6 is 0 Å². The van der Waals surface area contributed by atoms with Crippen molar-refractivity contribution in [1.82, 2.24) is 9.97 Å². The molecule has 22 heavy (non-hydrogen) atoms. The molecule has 2 rings (SSSR count). The van der Waals surface area contributed by atoms with Crippen LogP contribution in [0.15, 0.2) is 30.3 Å². The summed E-state index contributed by atoms with van der Waals surface area (Å²) in [6.45, 7) is 5.61. The first kappa shape index (κ1) is 16.2. The Hall–Kier alpha value is -2.17. The van der Waals surface area contributed by atoms with Gasteiger partial charge in [-0.15, -0.1) is 0 Å². The second-order valence-electron chi connectivity index (χ2n) is 5.33. The Kier molecular flexibility index (Phi) is 6.13. The Morgan fingerprint density at radius 3 is 2.55 bits per heavy atom. The van der Waals surface area contributed by atoms with Gasteiger partial charge in [-0.05, 0) is 31.0 Å². The minimum Gasteiger partial charge on any atom is -0.366 e. The van der Waals surface area contributed by atoms with Gasteiger partial charge in [-0.1, -0.05) is 31.9 Å². The monoisotopic (exact) mass is 302 g/mol. The molecule has 0 saturated carbocycles. The lowest BCUT2D eigenvalue weighted by Crippen LogP contribution is -2.09. The molecule has 0 aliphatic carbocycles. The van der Waals surface area contributed by atoms with Gasteiger partial charge in [0.15, 0.2) is 0 Å². The fourth-order valence-electron chi connectivity index (χ4n) is 2.11. The fourth-order valence-corrected chi connectivity index (χ4v) is 2.11. The maximum atomic E-state index is 12.9. The summed E-state index contributed by atoms with van der Waals surface area (Å²) in [6, 6.07) is 8.35. The van der Waals surface area contributed by atoms with Crippen molar-refractivity contribution in [2.24, 2.45) is 0 Å². The van der Waals surface area contributed by atoms with Gasteiger partial charge in [0.05, 0.1) is 0 Å². The number of halogens is 1. The highest BCUT2D eigenvalue weighted by molar-refractivity contribution is 5.42. The molecule has 1 aromatic carbocycles. The first-order chi connectivity index (χ1) is 10.7. The van der Waals surface area contributed by atoms with Gasteiger partial charge in [0, 0.05) is 24.8 Å². The van der Waals surface area contributed by atoms with Crippen LogP contribution in [0.5, 0.6) is 0 Å². The quantitative estimate of drug-likeness (QED) is 0.720. The third-order valence-corrected chi connectivity index (χ3v) is 3.30. The average molecular weight is 302 g/mol. The van der Waals surface area contributed by atoms with E-state index in [1.807, 2.05) is 13.0 Å². The molecule has 0 fully saturated rings. The van der Waals surface area contributed by atoms with E-state index in [1.54, 1.807) is 12.1 Å². The van der Waals surface area contributed by atoms with Gasteiger partial charge in [-0.2, -0.15) is 4.98 Å². The molecule has 0 spiro atoms. The molecule has 0 radical (unpaired) electrons. The summed E-state index contributed by atoms with van der Waals surface area (Å²) < 4.78 is 12.9. The number of aromatic nitrogens is 2. The maximum Gasteiger partial charge on any atom is 0.224 e. The zero-order valence-electron chi connectivity index (χ0n) is 13.2. The Labute approximate surface area is 131 Å². The van der Waals surface area contributed by atoms with Crippen LogP contribution in [0.25, 0.3) is 0 Å². The van der Waals surface area contributed by atoms with E-state index in [9.17, 15) is 4.39 Å². The van der Waals surface area contributed by atoms with Crippen molar-refractivity contribution in [2.45, 2.75) is 39.7 Å². The molecular weight excluding hydrogens is 279 g/mol. The number of aryl methyl sites for hydroxylation is 1. The SMILES string of the molecule is CCCCCNc1nc(C)cc(NCc2ccc(F)cc2)n1. The smallest absolute Gasteiger partial charge is 0.224 e. The fraction of sp³-hybridized carbons (Fsp3) is 0.412. The van der Waals surface area contributed by atoms with E-state index in [4.69, 9.17) is 0 Å². The highest BCUT2D eigenvalue weighted by Gasteiger charge is 2.02. The molecule has 0 saturated heterocycles. The standard InChI is InChI=1S/C17H23FN4/c1-3-4-5-10-19-17-21-13(2)11-16(22-17)20-12-14-6-8-15(18)9-7-14/h6-9,11H,3-5,10,12H2,1-2H3,(H2,19,20,21,22). The zero-order valence-corrected chi connectivity index (χ0v) is 13.2. The van der Waals surface area contributed by atoms with Crippen LogP contribution in [-0.2, 0) is 6.54 Å². The van der Waals surface area contributed by atoms with Crippen LogP contribution in [0, 0.1) is 12.7 Å². The molecule has 0 bridgehead atoms. The number of unbranched alkanes of at least 4 members (excludes halogenated alkanes) is 2. The molecule has 1 heterocycles. The van der Waals surface area contributed by atoms with Gasteiger partial charge in [-0.25, -0.2) is 9.37 Å². The number of hydrogen-bond acceptors (Lipinski definition) is 4. The highest BCUT2D eigenvalue weighted by Crippen LogP contribution is 2.12. The average Bonchev–Trinajstić information content (AvgIpc) is 2.51. The summed E-state index contributed by atoms with van der Waals surface area (Å²) in [6.07, 6.45) is 3.52. The summed E-state index contributed by atoms with van der Waals surface area (Å²) in [4.78, 5) is 8.84. The summed E-state index contributed by atoms with van der Waals surface area (Å²) in [7, 11) is 0. The number of nitrogens with zero attached hydrogens (tertiary/aromatic N) is 2. The van der Waals surface area contributed by atoms with Gasteiger partial charge < -0.3 is 10.6 Å². The van der Waals surface area contributed by atoms with Gasteiger partial charge >= 0.3 is 0 Å². The first-order valence-corrected chi connectivity index (χ1v) is 7.75. The maximum absolute atomic E-state index is 12.9. The minimum absolute atomic E-state index is 0.222. The predicted octanol–water partition coefficient (Wildman–Crippen LogP) is 4.14. The van der Waals surface area contributed by atoms with Crippen LogP contribution in [0.1, 0.15) is 37.4 Å². The van der Waals surface area contributed by atoms with E-state index in [-0.39, 0.29) is 5.82 Å². The first-order valence-electron chi connectivity index (χ1n) is 7.75. The molecule has 4 nitrogen and oxygen atoms in total. The van der Waals surface area contributed by atoms with E-state index < -0.39 is 0 Å². The molecule has 1 aromatic heterocycles. The van der Waals surface area contributed by atoms with Crippen molar-refractivity contribution in [3.05, 3.63) is 47.4 Å². The molecular formula is C17H23FN4. The molecule has 0 aliphatic rings. The molecule has 0 atom stereocenters. The third kappa shape index (κ3) is 5.31. The number of hydrogen-bond donors (Lipinski definition) is 2. The van der Waals surface area contributed by atoms with E-state index in [2.05, 4.69) is 27.5 Å². The molecule has 118 valence electrons. The largest absolute Gasteiger partial charge is 0.366 e. The lowest BCUT2D eigenvalue weighted by Gasteiger charge is -2.10. The number of anilines is 2. The molecule has 2 N–H and O–H groups in total. The van der Waals surface area contributed by atoms with Crippen LogP contribution in [0.4, 0.5) is 16.2 Å². The van der Waals surface area contributed by atoms with Crippen molar-refractivity contribution in [1.29, 1.82) is 0 Å². The van der Waals surface area contributed by atoms with Crippen molar-refractivity contribution in [2.75, 3.05) is 17.2 Å². The van der Waals surface area contributed by atoms with Gasteiger partial charge in [0.2, 0.25) is 5.95 Å². The van der Waals surface area contributed by atoms with Crippen LogP contribution in [-0.4, -0.2) is 16.5 Å². The highest BCUT2D eigenvalue weighted by atomic mass is 19.1. The van der Waals surface area contributed by atoms with Crippen molar-refractivity contribution >= 4 is 11.8 Å². The molecule has 2 aromatic rings. The van der Waals surface area contributed by atoms with Crippen molar-refractivity contribution in [3.63, 3.8) is 0 Å². The third-order valence-electron chi connectivity index (χ3n) is 3.30. The summed E-state index contributed by atoms with van der Waals surface area (Å²) >= 11 is 0. The Balaban J connectivity index is 1.92. The minimum atomic E-state index is -0.222. The van der Waals surface area contributed by atoms with Crippen LogP contribution < -0.4 is 10.6 Å².